The van der Waals surface area contributed by atoms with Gasteiger partial charge < -0.3 is 4.43 Å². The van der Waals surface area contributed by atoms with Gasteiger partial charge in [0.2, 0.25) is 0 Å². The summed E-state index contributed by atoms with van der Waals surface area (Å²) in [5.41, 5.74) is 0. The van der Waals surface area contributed by atoms with Gasteiger partial charge in [0.1, 0.15) is 0 Å². The Balaban J connectivity index is 4.36. The largest absolute Gasteiger partial charge is 0.414 e. The Labute approximate surface area is 118 Å². The van der Waals surface area contributed by atoms with Crippen LogP contribution in [0, 0.1) is 0 Å². The Bertz CT molecular complexity index is 287. The second-order valence-corrected chi connectivity index (χ2v) is 14.1. The summed E-state index contributed by atoms with van der Waals surface area (Å²) in [5, 5.41) is 0.426. The quantitative estimate of drug-likeness (QED) is 0.693. The standard InChI is InChI=1S/C14H30O2SSi/c1-11(10-12(15)17-13(2,3)4)16-18(8,9)14(5,6)7/h11H,10H2,1-9H3. The fourth-order valence-electron chi connectivity index (χ4n) is 1.34. The van der Waals surface area contributed by atoms with Crippen LogP contribution in [0.4, 0.5) is 0 Å². The van der Waals surface area contributed by atoms with E-state index in [4.69, 9.17) is 4.43 Å². The Hall–Kier alpha value is 0.197. The van der Waals surface area contributed by atoms with Crippen LogP contribution in [0.1, 0.15) is 54.9 Å². The molecule has 108 valence electrons. The van der Waals surface area contributed by atoms with Gasteiger partial charge in [-0.1, -0.05) is 53.3 Å². The van der Waals surface area contributed by atoms with Crippen LogP contribution in [-0.2, 0) is 9.22 Å². The Morgan fingerprint density at radius 1 is 1.17 bits per heavy atom. The molecular weight excluding hydrogens is 260 g/mol. The van der Waals surface area contributed by atoms with E-state index in [9.17, 15) is 4.79 Å². The lowest BCUT2D eigenvalue weighted by atomic mass is 10.2. The molecule has 0 fully saturated rings. The van der Waals surface area contributed by atoms with Crippen LogP contribution in [0.15, 0.2) is 0 Å². The minimum atomic E-state index is -1.75. The van der Waals surface area contributed by atoms with Crippen molar-refractivity contribution in [3.8, 4) is 0 Å². The molecular formula is C14H30O2SSi. The summed E-state index contributed by atoms with van der Waals surface area (Å²) in [7, 11) is -1.75. The molecule has 0 bridgehead atoms. The molecule has 0 radical (unpaired) electrons. The number of rotatable bonds is 4. The highest BCUT2D eigenvalue weighted by atomic mass is 32.2. The fraction of sp³-hybridized carbons (Fsp3) is 0.929. The van der Waals surface area contributed by atoms with E-state index in [2.05, 4.69) is 54.6 Å². The van der Waals surface area contributed by atoms with E-state index < -0.39 is 8.32 Å². The summed E-state index contributed by atoms with van der Waals surface area (Å²) in [6.07, 6.45) is 0.530. The van der Waals surface area contributed by atoms with Gasteiger partial charge in [-0.15, -0.1) is 0 Å². The smallest absolute Gasteiger partial charge is 0.192 e. The average molecular weight is 291 g/mol. The molecule has 0 aliphatic rings. The van der Waals surface area contributed by atoms with Crippen molar-refractivity contribution in [2.24, 2.45) is 0 Å². The molecule has 1 unspecified atom stereocenters. The molecule has 0 aromatic rings. The topological polar surface area (TPSA) is 26.3 Å². The number of hydrogen-bond donors (Lipinski definition) is 0. The number of thioether (sulfide) groups is 1. The summed E-state index contributed by atoms with van der Waals surface area (Å²) < 4.78 is 6.19. The maximum absolute atomic E-state index is 11.9. The van der Waals surface area contributed by atoms with E-state index in [1.165, 1.54) is 11.8 Å². The molecule has 0 N–H and O–H groups in total. The van der Waals surface area contributed by atoms with Gasteiger partial charge >= 0.3 is 0 Å². The summed E-state index contributed by atoms with van der Waals surface area (Å²) in [6.45, 7) is 19.3. The molecule has 0 aliphatic heterocycles. The van der Waals surface area contributed by atoms with Crippen molar-refractivity contribution >= 4 is 25.2 Å². The fourth-order valence-corrected chi connectivity index (χ4v) is 3.78. The van der Waals surface area contributed by atoms with Gasteiger partial charge in [-0.25, -0.2) is 0 Å². The molecule has 4 heteroatoms. The summed E-state index contributed by atoms with van der Waals surface area (Å²) in [6, 6.07) is 0. The van der Waals surface area contributed by atoms with Gasteiger partial charge in [-0.2, -0.15) is 0 Å². The normalized spacial score (nSPS) is 15.6. The van der Waals surface area contributed by atoms with Gasteiger partial charge in [0, 0.05) is 17.3 Å². The molecule has 0 aromatic heterocycles. The maximum atomic E-state index is 11.9. The summed E-state index contributed by atoms with van der Waals surface area (Å²) in [4.78, 5) is 11.9. The van der Waals surface area contributed by atoms with Crippen LogP contribution < -0.4 is 0 Å². The van der Waals surface area contributed by atoms with Crippen LogP contribution in [0.25, 0.3) is 0 Å². The maximum Gasteiger partial charge on any atom is 0.192 e. The zero-order valence-corrected chi connectivity index (χ0v) is 15.3. The molecule has 0 saturated carbocycles. The van der Waals surface area contributed by atoms with Crippen LogP contribution in [-0.4, -0.2) is 24.3 Å². The Morgan fingerprint density at radius 2 is 1.61 bits per heavy atom. The first-order valence-electron chi connectivity index (χ1n) is 6.64. The summed E-state index contributed by atoms with van der Waals surface area (Å²) >= 11 is 1.42. The van der Waals surface area contributed by atoms with Gasteiger partial charge in [0.25, 0.3) is 0 Å². The molecule has 0 amide bonds. The first kappa shape index (κ1) is 18.2. The predicted molar refractivity (Wildman–Crippen MR) is 84.7 cm³/mol. The van der Waals surface area contributed by atoms with Crippen molar-refractivity contribution in [2.75, 3.05) is 0 Å². The van der Waals surface area contributed by atoms with Gasteiger partial charge in [0.15, 0.2) is 13.4 Å². The lowest BCUT2D eigenvalue weighted by molar-refractivity contribution is -0.112. The molecule has 0 aliphatic carbocycles. The monoisotopic (exact) mass is 290 g/mol. The highest BCUT2D eigenvalue weighted by Gasteiger charge is 2.38. The minimum Gasteiger partial charge on any atom is -0.414 e. The zero-order valence-electron chi connectivity index (χ0n) is 13.5. The summed E-state index contributed by atoms with van der Waals surface area (Å²) in [5.74, 6) is 0. The van der Waals surface area contributed by atoms with Crippen molar-refractivity contribution in [3.05, 3.63) is 0 Å². The SMILES string of the molecule is CC(CC(=O)SC(C)(C)C)O[Si](C)(C)C(C)(C)C. The third kappa shape index (κ3) is 6.95. The highest BCUT2D eigenvalue weighted by molar-refractivity contribution is 8.14. The lowest BCUT2D eigenvalue weighted by Crippen LogP contribution is -2.43. The molecule has 0 spiro atoms. The first-order valence-corrected chi connectivity index (χ1v) is 10.4. The first-order chi connectivity index (χ1) is 7.74. The van der Waals surface area contributed by atoms with E-state index in [1.807, 2.05) is 6.92 Å². The zero-order chi connectivity index (χ0) is 14.8. The third-order valence-corrected chi connectivity index (χ3v) is 8.79. The van der Waals surface area contributed by atoms with Crippen LogP contribution in [0.5, 0.6) is 0 Å². The molecule has 0 saturated heterocycles. The van der Waals surface area contributed by atoms with Crippen molar-refractivity contribution in [2.45, 2.75) is 83.9 Å². The second-order valence-electron chi connectivity index (χ2n) is 7.48. The molecule has 0 heterocycles. The van der Waals surface area contributed by atoms with Crippen molar-refractivity contribution in [1.29, 1.82) is 0 Å². The van der Waals surface area contributed by atoms with E-state index in [1.54, 1.807) is 0 Å². The van der Waals surface area contributed by atoms with Crippen molar-refractivity contribution < 1.29 is 9.22 Å². The number of carbonyl (C=O) groups is 1. The van der Waals surface area contributed by atoms with Crippen LogP contribution >= 0.6 is 11.8 Å². The van der Waals surface area contributed by atoms with Gasteiger partial charge in [-0.3, -0.25) is 4.79 Å². The molecule has 2 nitrogen and oxygen atoms in total. The van der Waals surface area contributed by atoms with Gasteiger partial charge in [0.05, 0.1) is 0 Å². The Morgan fingerprint density at radius 3 is 1.94 bits per heavy atom. The highest BCUT2D eigenvalue weighted by Crippen LogP contribution is 2.38. The molecule has 1 atom stereocenters. The van der Waals surface area contributed by atoms with Crippen LogP contribution in [0.3, 0.4) is 0 Å². The molecule has 18 heavy (non-hydrogen) atoms. The third-order valence-electron chi connectivity index (χ3n) is 3.18. The van der Waals surface area contributed by atoms with E-state index >= 15 is 0 Å². The minimum absolute atomic E-state index is 0.00617. The van der Waals surface area contributed by atoms with E-state index in [-0.39, 0.29) is 21.0 Å². The predicted octanol–water partition coefficient (Wildman–Crippen LogP) is 4.85. The molecule has 0 rings (SSSR count). The van der Waals surface area contributed by atoms with Gasteiger partial charge in [-0.05, 0) is 25.1 Å². The Kier molecular flexibility index (Phi) is 6.17. The van der Waals surface area contributed by atoms with Crippen molar-refractivity contribution in [1.82, 2.24) is 0 Å². The average Bonchev–Trinajstić information content (AvgIpc) is 1.94. The lowest BCUT2D eigenvalue weighted by Gasteiger charge is -2.38. The number of carbonyl (C=O) groups excluding carboxylic acids is 1. The van der Waals surface area contributed by atoms with E-state index in [0.29, 0.717) is 6.42 Å². The van der Waals surface area contributed by atoms with Crippen molar-refractivity contribution in [3.63, 3.8) is 0 Å². The second kappa shape index (κ2) is 6.10. The molecule has 0 aromatic carbocycles. The number of hydrogen-bond acceptors (Lipinski definition) is 3. The van der Waals surface area contributed by atoms with Crippen LogP contribution in [0.2, 0.25) is 18.1 Å². The van der Waals surface area contributed by atoms with E-state index in [0.717, 1.165) is 0 Å².